The van der Waals surface area contributed by atoms with Crippen molar-refractivity contribution in [2.75, 3.05) is 5.73 Å². The van der Waals surface area contributed by atoms with Crippen LogP contribution in [0.2, 0.25) is 0 Å². The molecule has 4 aromatic heterocycles. The Morgan fingerprint density at radius 3 is 3.00 bits per heavy atom. The van der Waals surface area contributed by atoms with Crippen LogP contribution in [0.4, 0.5) is 10.3 Å². The quantitative estimate of drug-likeness (QED) is 0.609. The Morgan fingerprint density at radius 1 is 1.31 bits per heavy atom. The molecule has 0 spiro atoms. The molecule has 8 nitrogen and oxygen atoms in total. The lowest BCUT2D eigenvalue weighted by molar-refractivity contribution is 0.399. The smallest absolute Gasteiger partial charge is 0.225 e. The molecule has 9 heteroatoms. The highest BCUT2D eigenvalue weighted by Gasteiger charge is 2.17. The van der Waals surface area contributed by atoms with E-state index < -0.39 is 6.17 Å². The molecule has 1 aliphatic carbocycles. The lowest BCUT2D eigenvalue weighted by Crippen LogP contribution is -2.05. The summed E-state index contributed by atoms with van der Waals surface area (Å²) in [6.45, 7) is 0.519. The number of furan rings is 1. The molecule has 5 rings (SSSR count). The number of aromatic nitrogens is 6. The van der Waals surface area contributed by atoms with Gasteiger partial charge < -0.3 is 10.2 Å². The summed E-state index contributed by atoms with van der Waals surface area (Å²) in [7, 11) is 0. The molecule has 0 aliphatic heterocycles. The number of halogens is 1. The third-order valence-electron chi connectivity index (χ3n) is 4.24. The number of hydrogen-bond acceptors (Lipinski definition) is 6. The van der Waals surface area contributed by atoms with E-state index in [0.29, 0.717) is 35.8 Å². The van der Waals surface area contributed by atoms with E-state index in [9.17, 15) is 4.39 Å². The second-order valence-corrected chi connectivity index (χ2v) is 6.07. The summed E-state index contributed by atoms with van der Waals surface area (Å²) in [6, 6.07) is 3.54. The van der Waals surface area contributed by atoms with E-state index in [2.05, 4.69) is 20.2 Å². The fraction of sp³-hybridized carbons (Fsp3) is 0.176. The zero-order chi connectivity index (χ0) is 17.7. The number of hydrogen-bond donors (Lipinski definition) is 1. The highest BCUT2D eigenvalue weighted by molar-refractivity contribution is 5.90. The molecular weight excluding hydrogens is 337 g/mol. The van der Waals surface area contributed by atoms with Crippen LogP contribution < -0.4 is 5.73 Å². The average molecular weight is 351 g/mol. The molecule has 0 fully saturated rings. The Balaban J connectivity index is 1.59. The van der Waals surface area contributed by atoms with Crippen molar-refractivity contribution in [3.8, 4) is 11.6 Å². The molecule has 1 unspecified atom stereocenters. The predicted octanol–water partition coefficient (Wildman–Crippen LogP) is 2.54. The first-order chi connectivity index (χ1) is 12.7. The monoisotopic (exact) mass is 351 g/mol. The van der Waals surface area contributed by atoms with Crippen molar-refractivity contribution in [1.82, 2.24) is 29.4 Å². The first kappa shape index (κ1) is 14.8. The van der Waals surface area contributed by atoms with E-state index >= 15 is 0 Å². The van der Waals surface area contributed by atoms with Crippen LogP contribution in [0.15, 0.2) is 52.8 Å². The van der Waals surface area contributed by atoms with Gasteiger partial charge in [0, 0.05) is 12.6 Å². The first-order valence-electron chi connectivity index (χ1n) is 8.12. The zero-order valence-electron chi connectivity index (χ0n) is 13.6. The molecule has 2 N–H and O–H groups in total. The van der Waals surface area contributed by atoms with Crippen LogP contribution in [0, 0.1) is 0 Å². The molecule has 4 heterocycles. The molecule has 1 atom stereocenters. The van der Waals surface area contributed by atoms with Gasteiger partial charge in [-0.2, -0.15) is 14.6 Å². The molecule has 0 aromatic carbocycles. The third kappa shape index (κ3) is 2.36. The highest BCUT2D eigenvalue weighted by atomic mass is 19.1. The Labute approximate surface area is 146 Å². The maximum Gasteiger partial charge on any atom is 0.225 e. The van der Waals surface area contributed by atoms with Gasteiger partial charge in [0.1, 0.15) is 6.17 Å². The minimum Gasteiger partial charge on any atom is -0.461 e. The molecule has 26 heavy (non-hydrogen) atoms. The van der Waals surface area contributed by atoms with Gasteiger partial charge in [0.25, 0.3) is 0 Å². The van der Waals surface area contributed by atoms with Gasteiger partial charge in [-0.15, -0.1) is 5.10 Å². The molecule has 0 radical (unpaired) electrons. The summed E-state index contributed by atoms with van der Waals surface area (Å²) in [5, 5.41) is 9.55. The van der Waals surface area contributed by atoms with Crippen LogP contribution in [0.5, 0.6) is 0 Å². The van der Waals surface area contributed by atoms with Gasteiger partial charge in [0.05, 0.1) is 18.2 Å². The van der Waals surface area contributed by atoms with Crippen LogP contribution in [0.3, 0.4) is 0 Å². The Hall–Kier alpha value is -3.49. The van der Waals surface area contributed by atoms with Gasteiger partial charge in [-0.1, -0.05) is 18.2 Å². The lowest BCUT2D eigenvalue weighted by Gasteiger charge is -2.09. The Morgan fingerprint density at radius 2 is 2.23 bits per heavy atom. The van der Waals surface area contributed by atoms with E-state index in [1.807, 2.05) is 12.3 Å². The molecule has 0 saturated carbocycles. The van der Waals surface area contributed by atoms with E-state index in [-0.39, 0.29) is 5.95 Å². The Kier molecular flexibility index (Phi) is 3.14. The number of rotatable bonds is 3. The molecule has 4 aromatic rings. The van der Waals surface area contributed by atoms with Crippen molar-refractivity contribution in [3.63, 3.8) is 0 Å². The van der Waals surface area contributed by atoms with Crippen LogP contribution in [-0.2, 0) is 6.54 Å². The second kappa shape index (κ2) is 5.51. The van der Waals surface area contributed by atoms with E-state index in [0.717, 1.165) is 11.0 Å². The zero-order valence-corrected chi connectivity index (χ0v) is 13.6. The van der Waals surface area contributed by atoms with Crippen molar-refractivity contribution in [3.05, 3.63) is 48.4 Å². The summed E-state index contributed by atoms with van der Waals surface area (Å²) < 4.78 is 21.8. The van der Waals surface area contributed by atoms with Gasteiger partial charge in [-0.25, -0.2) is 9.37 Å². The predicted molar refractivity (Wildman–Crippen MR) is 92.9 cm³/mol. The number of nitrogens with zero attached hydrogens (tertiary/aromatic N) is 6. The third-order valence-corrected chi connectivity index (χ3v) is 4.24. The number of nitrogen functional groups attached to an aromatic ring is 1. The van der Waals surface area contributed by atoms with Crippen molar-refractivity contribution in [2.45, 2.75) is 19.1 Å². The molecule has 0 saturated heterocycles. The summed E-state index contributed by atoms with van der Waals surface area (Å²) in [6.07, 6.45) is 8.09. The summed E-state index contributed by atoms with van der Waals surface area (Å²) in [5.74, 6) is 1.17. The molecule has 0 amide bonds. The molecule has 0 bridgehead atoms. The van der Waals surface area contributed by atoms with E-state index in [4.69, 9.17) is 10.2 Å². The summed E-state index contributed by atoms with van der Waals surface area (Å²) in [4.78, 5) is 8.82. The van der Waals surface area contributed by atoms with Crippen molar-refractivity contribution in [2.24, 2.45) is 0 Å². The SMILES string of the molecule is Nc1nc2nn(CC3=CCC(F)C=C3)cc2c2nc(-c3ccco3)nn12. The second-order valence-electron chi connectivity index (χ2n) is 6.07. The van der Waals surface area contributed by atoms with Crippen molar-refractivity contribution in [1.29, 1.82) is 0 Å². The largest absolute Gasteiger partial charge is 0.461 e. The van der Waals surface area contributed by atoms with E-state index in [1.54, 1.807) is 35.2 Å². The fourth-order valence-corrected chi connectivity index (χ4v) is 2.99. The fourth-order valence-electron chi connectivity index (χ4n) is 2.99. The number of fused-ring (bicyclic) bond motifs is 3. The average Bonchev–Trinajstić information content (AvgIpc) is 3.34. The van der Waals surface area contributed by atoms with Crippen LogP contribution in [-0.4, -0.2) is 35.5 Å². The standard InChI is InChI=1S/C17H14FN7O/c18-11-5-3-10(4-6-11)8-24-9-12-14(22-24)21-17(19)25-16(12)20-15(23-25)13-2-1-7-26-13/h1-5,7,9,11H,6,8H2,(H2,19,21,22). The summed E-state index contributed by atoms with van der Waals surface area (Å²) >= 11 is 0. The minimum absolute atomic E-state index is 0.195. The molecular formula is C17H14FN7O. The van der Waals surface area contributed by atoms with Crippen molar-refractivity contribution >= 4 is 22.6 Å². The van der Waals surface area contributed by atoms with Gasteiger partial charge in [-0.05, 0) is 17.7 Å². The molecule has 1 aliphatic rings. The number of alkyl halides is 1. The van der Waals surface area contributed by atoms with Gasteiger partial charge in [0.15, 0.2) is 17.1 Å². The number of anilines is 1. The topological polar surface area (TPSA) is 100 Å². The van der Waals surface area contributed by atoms with Gasteiger partial charge in [0.2, 0.25) is 11.8 Å². The number of allylic oxidation sites excluding steroid dienone is 4. The van der Waals surface area contributed by atoms with E-state index in [1.165, 1.54) is 4.52 Å². The summed E-state index contributed by atoms with van der Waals surface area (Å²) in [5.41, 5.74) is 8.04. The molecule has 130 valence electrons. The van der Waals surface area contributed by atoms with Crippen LogP contribution >= 0.6 is 0 Å². The van der Waals surface area contributed by atoms with Crippen LogP contribution in [0.25, 0.3) is 28.3 Å². The van der Waals surface area contributed by atoms with Crippen LogP contribution in [0.1, 0.15) is 6.42 Å². The minimum atomic E-state index is -0.910. The highest BCUT2D eigenvalue weighted by Crippen LogP contribution is 2.23. The van der Waals surface area contributed by atoms with Gasteiger partial charge in [-0.3, -0.25) is 4.68 Å². The lowest BCUT2D eigenvalue weighted by atomic mass is 10.1. The van der Waals surface area contributed by atoms with Crippen molar-refractivity contribution < 1.29 is 8.81 Å². The van der Waals surface area contributed by atoms with Gasteiger partial charge >= 0.3 is 0 Å². The maximum atomic E-state index is 13.2. The first-order valence-corrected chi connectivity index (χ1v) is 8.12. The Bertz CT molecular complexity index is 1170. The normalized spacial score (nSPS) is 17.3. The number of nitrogens with two attached hydrogens (primary N) is 1. The maximum absolute atomic E-state index is 13.2.